The number of carbonyl (C=O) groups excluding carboxylic acids is 1. The van der Waals surface area contributed by atoms with E-state index in [0.29, 0.717) is 6.54 Å². The van der Waals surface area contributed by atoms with Gasteiger partial charge in [-0.15, -0.1) is 13.2 Å². The Morgan fingerprint density at radius 1 is 1.08 bits per heavy atom. The first-order valence-corrected chi connectivity index (χ1v) is 8.30. The van der Waals surface area contributed by atoms with Crippen LogP contribution in [0.4, 0.5) is 13.2 Å². The average molecular weight is 361 g/mol. The van der Waals surface area contributed by atoms with Gasteiger partial charge in [0.05, 0.1) is 0 Å². The molecule has 0 aliphatic heterocycles. The van der Waals surface area contributed by atoms with Crippen molar-refractivity contribution in [1.29, 1.82) is 0 Å². The Hall–Kier alpha value is -2.76. The fourth-order valence-electron chi connectivity index (χ4n) is 2.65. The summed E-state index contributed by atoms with van der Waals surface area (Å²) in [6.07, 6.45) is -0.217. The molecule has 0 heterocycles. The predicted molar refractivity (Wildman–Crippen MR) is 92.2 cm³/mol. The van der Waals surface area contributed by atoms with Gasteiger partial charge in [-0.3, -0.25) is 4.79 Å². The minimum Gasteiger partial charge on any atom is -0.405 e. The maximum atomic E-state index is 12.6. The second-order valence-corrected chi connectivity index (χ2v) is 6.10. The Labute approximate surface area is 149 Å². The molecular formula is C20H18F3NO2. The largest absolute Gasteiger partial charge is 0.573 e. The van der Waals surface area contributed by atoms with Crippen LogP contribution in [0.5, 0.6) is 5.75 Å². The van der Waals surface area contributed by atoms with Crippen LogP contribution in [0.1, 0.15) is 24.0 Å². The lowest BCUT2D eigenvalue weighted by molar-refractivity contribution is -0.274. The first kappa shape index (κ1) is 18.0. The molecule has 1 fully saturated rings. The molecular weight excluding hydrogens is 343 g/mol. The van der Waals surface area contributed by atoms with Crippen molar-refractivity contribution in [2.75, 3.05) is 0 Å². The molecule has 1 aliphatic carbocycles. The van der Waals surface area contributed by atoms with Crippen LogP contribution < -0.4 is 4.74 Å². The van der Waals surface area contributed by atoms with Crippen LogP contribution in [0.2, 0.25) is 0 Å². The van der Waals surface area contributed by atoms with Crippen LogP contribution in [-0.2, 0) is 11.3 Å². The molecule has 6 heteroatoms. The monoisotopic (exact) mass is 361 g/mol. The van der Waals surface area contributed by atoms with Crippen molar-refractivity contribution in [2.45, 2.75) is 31.8 Å². The third-order valence-corrected chi connectivity index (χ3v) is 4.02. The predicted octanol–water partition coefficient (Wildman–Crippen LogP) is 4.79. The zero-order valence-electron chi connectivity index (χ0n) is 13.9. The number of rotatable bonds is 6. The zero-order chi connectivity index (χ0) is 18.6. The number of benzene rings is 2. The summed E-state index contributed by atoms with van der Waals surface area (Å²) in [6, 6.07) is 15.5. The lowest BCUT2D eigenvalue weighted by Gasteiger charge is -2.21. The van der Waals surface area contributed by atoms with Crippen molar-refractivity contribution >= 4 is 12.0 Å². The number of ether oxygens (including phenoxy) is 1. The first-order valence-electron chi connectivity index (χ1n) is 8.30. The zero-order valence-corrected chi connectivity index (χ0v) is 13.9. The van der Waals surface area contributed by atoms with Crippen LogP contribution in [0.25, 0.3) is 6.08 Å². The highest BCUT2D eigenvalue weighted by molar-refractivity contribution is 5.92. The van der Waals surface area contributed by atoms with Gasteiger partial charge >= 0.3 is 6.36 Å². The summed E-state index contributed by atoms with van der Waals surface area (Å²) in [6.45, 7) is 0.482. The molecule has 0 spiro atoms. The molecule has 0 atom stereocenters. The molecule has 0 bridgehead atoms. The van der Waals surface area contributed by atoms with Crippen molar-refractivity contribution in [3.8, 4) is 5.75 Å². The van der Waals surface area contributed by atoms with E-state index < -0.39 is 6.36 Å². The molecule has 0 aromatic heterocycles. The second kappa shape index (κ2) is 7.64. The van der Waals surface area contributed by atoms with E-state index in [1.54, 1.807) is 11.0 Å². The molecule has 1 amide bonds. The number of alkyl halides is 3. The van der Waals surface area contributed by atoms with Gasteiger partial charge < -0.3 is 9.64 Å². The quantitative estimate of drug-likeness (QED) is 0.693. The fourth-order valence-corrected chi connectivity index (χ4v) is 2.65. The maximum Gasteiger partial charge on any atom is 0.573 e. The normalized spacial score (nSPS) is 14.4. The van der Waals surface area contributed by atoms with E-state index in [0.717, 1.165) is 18.4 Å². The van der Waals surface area contributed by atoms with Gasteiger partial charge in [0.1, 0.15) is 5.75 Å². The van der Waals surface area contributed by atoms with Crippen LogP contribution in [-0.4, -0.2) is 23.2 Å². The first-order chi connectivity index (χ1) is 12.4. The van der Waals surface area contributed by atoms with Gasteiger partial charge in [-0.05, 0) is 30.5 Å². The third-order valence-electron chi connectivity index (χ3n) is 4.02. The van der Waals surface area contributed by atoms with Crippen molar-refractivity contribution < 1.29 is 22.7 Å². The summed E-state index contributed by atoms with van der Waals surface area (Å²) < 4.78 is 41.5. The SMILES string of the molecule is O=C(/C=C/c1ccccc1OC(F)(F)F)N(Cc1ccccc1)C1CC1. The molecule has 3 rings (SSSR count). The van der Waals surface area contributed by atoms with Crippen LogP contribution in [0.15, 0.2) is 60.7 Å². The average Bonchev–Trinajstić information content (AvgIpc) is 3.43. The Bertz CT molecular complexity index is 783. The van der Waals surface area contributed by atoms with Gasteiger partial charge in [0.2, 0.25) is 5.91 Å². The minimum absolute atomic E-state index is 0.189. The molecule has 3 nitrogen and oxygen atoms in total. The van der Waals surface area contributed by atoms with Crippen LogP contribution in [0.3, 0.4) is 0 Å². The highest BCUT2D eigenvalue weighted by Gasteiger charge is 2.32. The van der Waals surface area contributed by atoms with E-state index in [-0.39, 0.29) is 23.3 Å². The standard InChI is InChI=1S/C20H18F3NO2/c21-20(22,23)26-18-9-5-4-8-16(18)10-13-19(25)24(17-11-12-17)14-15-6-2-1-3-7-15/h1-10,13,17H,11-12,14H2/b13-10+. The van der Waals surface area contributed by atoms with Crippen LogP contribution >= 0.6 is 0 Å². The van der Waals surface area contributed by atoms with Gasteiger partial charge in [-0.1, -0.05) is 48.5 Å². The third kappa shape index (κ3) is 5.12. The van der Waals surface area contributed by atoms with E-state index in [1.165, 1.54) is 30.4 Å². The maximum absolute atomic E-state index is 12.6. The molecule has 136 valence electrons. The van der Waals surface area contributed by atoms with Gasteiger partial charge in [-0.25, -0.2) is 0 Å². The van der Waals surface area contributed by atoms with Gasteiger partial charge in [0.25, 0.3) is 0 Å². The van der Waals surface area contributed by atoms with Crippen molar-refractivity contribution in [3.63, 3.8) is 0 Å². The summed E-state index contributed by atoms with van der Waals surface area (Å²) in [7, 11) is 0. The molecule has 26 heavy (non-hydrogen) atoms. The number of amides is 1. The Morgan fingerprint density at radius 3 is 2.38 bits per heavy atom. The van der Waals surface area contributed by atoms with E-state index in [4.69, 9.17) is 0 Å². The number of hydrogen-bond acceptors (Lipinski definition) is 2. The van der Waals surface area contributed by atoms with Crippen molar-refractivity contribution in [3.05, 3.63) is 71.8 Å². The number of para-hydroxylation sites is 1. The fraction of sp³-hybridized carbons (Fsp3) is 0.250. The summed E-state index contributed by atoms with van der Waals surface area (Å²) >= 11 is 0. The van der Waals surface area contributed by atoms with Crippen LogP contribution in [0, 0.1) is 0 Å². The topological polar surface area (TPSA) is 29.5 Å². The summed E-state index contributed by atoms with van der Waals surface area (Å²) in [4.78, 5) is 14.3. The van der Waals surface area contributed by atoms with E-state index in [2.05, 4.69) is 4.74 Å². The van der Waals surface area contributed by atoms with E-state index >= 15 is 0 Å². The minimum atomic E-state index is -4.78. The molecule has 1 saturated carbocycles. The van der Waals surface area contributed by atoms with Gasteiger partial charge in [-0.2, -0.15) is 0 Å². The molecule has 0 N–H and O–H groups in total. The number of nitrogens with zero attached hydrogens (tertiary/aromatic N) is 1. The Morgan fingerprint density at radius 2 is 1.73 bits per heavy atom. The molecule has 1 aliphatic rings. The summed E-state index contributed by atoms with van der Waals surface area (Å²) in [5, 5.41) is 0. The lowest BCUT2D eigenvalue weighted by Crippen LogP contribution is -2.31. The smallest absolute Gasteiger partial charge is 0.405 e. The number of hydrogen-bond donors (Lipinski definition) is 0. The van der Waals surface area contributed by atoms with E-state index in [1.807, 2.05) is 30.3 Å². The highest BCUT2D eigenvalue weighted by Crippen LogP contribution is 2.30. The van der Waals surface area contributed by atoms with Gasteiger partial charge in [0, 0.05) is 24.2 Å². The molecule has 2 aromatic rings. The molecule has 0 saturated heterocycles. The Balaban J connectivity index is 1.74. The highest BCUT2D eigenvalue weighted by atomic mass is 19.4. The summed E-state index contributed by atoms with van der Waals surface area (Å²) in [5.74, 6) is -0.553. The summed E-state index contributed by atoms with van der Waals surface area (Å²) in [5.41, 5.74) is 1.22. The number of halogens is 3. The van der Waals surface area contributed by atoms with Crippen molar-refractivity contribution in [1.82, 2.24) is 4.90 Å². The molecule has 0 radical (unpaired) electrons. The molecule has 0 unspecified atom stereocenters. The van der Waals surface area contributed by atoms with Crippen molar-refractivity contribution in [2.24, 2.45) is 0 Å². The molecule has 2 aromatic carbocycles. The Kier molecular flexibility index (Phi) is 5.30. The number of carbonyl (C=O) groups is 1. The van der Waals surface area contributed by atoms with E-state index in [9.17, 15) is 18.0 Å². The second-order valence-electron chi connectivity index (χ2n) is 6.10. The lowest BCUT2D eigenvalue weighted by atomic mass is 10.1. The van der Waals surface area contributed by atoms with Gasteiger partial charge in [0.15, 0.2) is 0 Å².